The van der Waals surface area contributed by atoms with Crippen LogP contribution >= 0.6 is 0 Å². The van der Waals surface area contributed by atoms with Gasteiger partial charge in [-0.05, 0) is 18.6 Å². The van der Waals surface area contributed by atoms with Gasteiger partial charge < -0.3 is 10.0 Å². The number of carbonyl (C=O) groups excluding carboxylic acids is 1. The van der Waals surface area contributed by atoms with Gasteiger partial charge >= 0.3 is 0 Å². The Labute approximate surface area is 140 Å². The lowest BCUT2D eigenvalue weighted by molar-refractivity contribution is 0.0709. The average molecular weight is 334 g/mol. The largest absolute Gasteiger partial charge is 0.395 e. The number of para-hydroxylation sites is 1. The zero-order chi connectivity index (χ0) is 17.7. The van der Waals surface area contributed by atoms with Gasteiger partial charge in [-0.1, -0.05) is 32.9 Å². The zero-order valence-corrected chi connectivity index (χ0v) is 14.2. The van der Waals surface area contributed by atoms with Crippen LogP contribution in [0.15, 0.2) is 24.3 Å². The highest BCUT2D eigenvalue weighted by Crippen LogP contribution is 2.20. The average Bonchev–Trinajstić information content (AvgIpc) is 2.99. The number of aliphatic hydroxyl groups is 1. The Morgan fingerprint density at radius 2 is 2.04 bits per heavy atom. The number of rotatable bonds is 7. The molecule has 2 rings (SSSR count). The molecule has 1 N–H and O–H groups in total. The summed E-state index contributed by atoms with van der Waals surface area (Å²) in [5.74, 6) is -0.282. The second-order valence-electron chi connectivity index (χ2n) is 5.83. The summed E-state index contributed by atoms with van der Waals surface area (Å²) in [6.07, 6.45) is 0.761. The van der Waals surface area contributed by atoms with E-state index < -0.39 is 5.82 Å². The molecule has 1 aromatic heterocycles. The second-order valence-corrected chi connectivity index (χ2v) is 5.83. The fraction of sp³-hybridized carbons (Fsp3) is 0.471. The van der Waals surface area contributed by atoms with Crippen LogP contribution in [0.3, 0.4) is 0 Å². The van der Waals surface area contributed by atoms with Crippen LogP contribution < -0.4 is 0 Å². The van der Waals surface area contributed by atoms with E-state index >= 15 is 0 Å². The Bertz CT molecular complexity index is 694. The maximum Gasteiger partial charge on any atom is 0.293 e. The standard InChI is InChI=1S/C17H23FN4O2/c1-4-9-21(10-11-23)17(24)15-19-16(12(2)3)22(20-15)14-8-6-5-7-13(14)18/h5-8,12,23H,4,9-11H2,1-3H3. The molecule has 24 heavy (non-hydrogen) atoms. The fourth-order valence-corrected chi connectivity index (χ4v) is 2.44. The molecule has 2 aromatic rings. The van der Waals surface area contributed by atoms with Gasteiger partial charge in [-0.15, -0.1) is 5.10 Å². The monoisotopic (exact) mass is 334 g/mol. The van der Waals surface area contributed by atoms with Crippen LogP contribution in [0.25, 0.3) is 5.69 Å². The van der Waals surface area contributed by atoms with Gasteiger partial charge in [-0.2, -0.15) is 0 Å². The second kappa shape index (κ2) is 8.01. The zero-order valence-electron chi connectivity index (χ0n) is 14.2. The molecule has 1 heterocycles. The smallest absolute Gasteiger partial charge is 0.293 e. The lowest BCUT2D eigenvalue weighted by Crippen LogP contribution is -2.35. The van der Waals surface area contributed by atoms with Crippen molar-refractivity contribution in [3.05, 3.63) is 41.7 Å². The molecule has 0 aliphatic carbocycles. The van der Waals surface area contributed by atoms with Gasteiger partial charge in [0.1, 0.15) is 17.3 Å². The van der Waals surface area contributed by atoms with Gasteiger partial charge in [0.2, 0.25) is 5.82 Å². The van der Waals surface area contributed by atoms with Crippen molar-refractivity contribution in [2.24, 2.45) is 0 Å². The molecule has 130 valence electrons. The van der Waals surface area contributed by atoms with Crippen molar-refractivity contribution < 1.29 is 14.3 Å². The van der Waals surface area contributed by atoms with Gasteiger partial charge in [0, 0.05) is 19.0 Å². The van der Waals surface area contributed by atoms with Crippen molar-refractivity contribution in [3.8, 4) is 5.69 Å². The third-order valence-corrected chi connectivity index (χ3v) is 3.57. The van der Waals surface area contributed by atoms with Crippen LogP contribution in [-0.2, 0) is 0 Å². The van der Waals surface area contributed by atoms with Crippen molar-refractivity contribution in [1.29, 1.82) is 0 Å². The lowest BCUT2D eigenvalue weighted by Gasteiger charge is -2.18. The molecule has 7 heteroatoms. The van der Waals surface area contributed by atoms with Crippen LogP contribution in [0.2, 0.25) is 0 Å². The topological polar surface area (TPSA) is 71.2 Å². The maximum atomic E-state index is 14.1. The predicted octanol–water partition coefficient (Wildman–Crippen LogP) is 2.37. The molecule has 0 bridgehead atoms. The van der Waals surface area contributed by atoms with Crippen LogP contribution in [0.1, 0.15) is 49.6 Å². The number of benzene rings is 1. The predicted molar refractivity (Wildman–Crippen MR) is 88.7 cm³/mol. The molecular weight excluding hydrogens is 311 g/mol. The number of amides is 1. The van der Waals surface area contributed by atoms with Crippen LogP contribution in [0.4, 0.5) is 4.39 Å². The van der Waals surface area contributed by atoms with Crippen molar-refractivity contribution in [2.75, 3.05) is 19.7 Å². The SMILES string of the molecule is CCCN(CCO)C(=O)c1nc(C(C)C)n(-c2ccccc2F)n1. The summed E-state index contributed by atoms with van der Waals surface area (Å²) in [5.41, 5.74) is 0.261. The van der Waals surface area contributed by atoms with E-state index in [-0.39, 0.29) is 36.5 Å². The lowest BCUT2D eigenvalue weighted by atomic mass is 10.2. The van der Waals surface area contributed by atoms with E-state index in [0.29, 0.717) is 12.4 Å². The molecule has 0 aliphatic heterocycles. The van der Waals surface area contributed by atoms with Gasteiger partial charge in [0.05, 0.1) is 6.61 Å². The highest BCUT2D eigenvalue weighted by molar-refractivity contribution is 5.90. The summed E-state index contributed by atoms with van der Waals surface area (Å²) < 4.78 is 15.5. The normalized spacial score (nSPS) is 11.1. The molecule has 0 unspecified atom stereocenters. The molecule has 0 saturated carbocycles. The molecule has 0 fully saturated rings. The van der Waals surface area contributed by atoms with E-state index in [2.05, 4.69) is 10.1 Å². The molecule has 6 nitrogen and oxygen atoms in total. The van der Waals surface area contributed by atoms with Crippen molar-refractivity contribution >= 4 is 5.91 Å². The highest BCUT2D eigenvalue weighted by atomic mass is 19.1. The molecule has 0 aliphatic rings. The van der Waals surface area contributed by atoms with Crippen LogP contribution in [0.5, 0.6) is 0 Å². The molecule has 1 aromatic carbocycles. The number of aromatic nitrogens is 3. The molecule has 0 saturated heterocycles. The molecular formula is C17H23FN4O2. The number of nitrogens with zero attached hydrogens (tertiary/aromatic N) is 4. The van der Waals surface area contributed by atoms with E-state index in [1.807, 2.05) is 20.8 Å². The summed E-state index contributed by atoms with van der Waals surface area (Å²) in [5, 5.41) is 13.4. The Kier molecular flexibility index (Phi) is 6.03. The van der Waals surface area contributed by atoms with Crippen molar-refractivity contribution in [1.82, 2.24) is 19.7 Å². The van der Waals surface area contributed by atoms with Gasteiger partial charge in [-0.25, -0.2) is 14.1 Å². The third-order valence-electron chi connectivity index (χ3n) is 3.57. The summed E-state index contributed by atoms with van der Waals surface area (Å²) in [7, 11) is 0. The minimum Gasteiger partial charge on any atom is -0.395 e. The third kappa shape index (κ3) is 3.79. The van der Waals surface area contributed by atoms with Gasteiger partial charge in [-0.3, -0.25) is 4.79 Å². The Hall–Kier alpha value is -2.28. The van der Waals surface area contributed by atoms with Crippen molar-refractivity contribution in [3.63, 3.8) is 0 Å². The highest BCUT2D eigenvalue weighted by Gasteiger charge is 2.24. The minimum atomic E-state index is -0.427. The van der Waals surface area contributed by atoms with E-state index in [1.165, 1.54) is 15.6 Å². The quantitative estimate of drug-likeness (QED) is 0.844. The maximum absolute atomic E-state index is 14.1. The number of hydrogen-bond donors (Lipinski definition) is 1. The summed E-state index contributed by atoms with van der Waals surface area (Å²) in [6.45, 7) is 6.36. The van der Waals surface area contributed by atoms with E-state index in [4.69, 9.17) is 5.11 Å². The first kappa shape index (κ1) is 18.1. The first-order valence-electron chi connectivity index (χ1n) is 8.11. The fourth-order valence-electron chi connectivity index (χ4n) is 2.44. The molecule has 0 atom stereocenters. The van der Waals surface area contributed by atoms with Crippen LogP contribution in [-0.4, -0.2) is 50.4 Å². The first-order chi connectivity index (χ1) is 11.5. The van der Waals surface area contributed by atoms with E-state index in [1.54, 1.807) is 18.2 Å². The van der Waals surface area contributed by atoms with Crippen LogP contribution in [0, 0.1) is 5.82 Å². The summed E-state index contributed by atoms with van der Waals surface area (Å²) in [6, 6.07) is 6.25. The number of hydrogen-bond acceptors (Lipinski definition) is 4. The van der Waals surface area contributed by atoms with Crippen molar-refractivity contribution in [2.45, 2.75) is 33.1 Å². The number of halogens is 1. The van der Waals surface area contributed by atoms with Gasteiger partial charge in [0.25, 0.3) is 5.91 Å². The van der Waals surface area contributed by atoms with E-state index in [9.17, 15) is 9.18 Å². The van der Waals surface area contributed by atoms with Gasteiger partial charge in [0.15, 0.2) is 0 Å². The number of aliphatic hydroxyl groups excluding tert-OH is 1. The minimum absolute atomic E-state index is 0.0175. The summed E-state index contributed by atoms with van der Waals surface area (Å²) >= 11 is 0. The Morgan fingerprint density at radius 1 is 1.33 bits per heavy atom. The molecule has 0 radical (unpaired) electrons. The molecule has 0 spiro atoms. The van der Waals surface area contributed by atoms with E-state index in [0.717, 1.165) is 6.42 Å². The Morgan fingerprint density at radius 3 is 2.62 bits per heavy atom. The summed E-state index contributed by atoms with van der Waals surface area (Å²) in [4.78, 5) is 18.4. The molecule has 1 amide bonds. The first-order valence-corrected chi connectivity index (χ1v) is 8.11. The Balaban J connectivity index is 2.45. The number of carbonyl (C=O) groups is 1.